The fourth-order valence-electron chi connectivity index (χ4n) is 4.25. The van der Waals surface area contributed by atoms with Crippen LogP contribution in [0.3, 0.4) is 0 Å². The number of nitrogens with zero attached hydrogens (tertiary/aromatic N) is 3. The highest BCUT2D eigenvalue weighted by Crippen LogP contribution is 2.43. The third-order valence-electron chi connectivity index (χ3n) is 5.78. The van der Waals surface area contributed by atoms with Crippen LogP contribution in [0.1, 0.15) is 36.9 Å². The Morgan fingerprint density at radius 3 is 2.55 bits per heavy atom. The van der Waals surface area contributed by atoms with Crippen LogP contribution in [-0.4, -0.2) is 27.1 Å². The van der Waals surface area contributed by atoms with Gasteiger partial charge in [-0.2, -0.15) is 0 Å². The van der Waals surface area contributed by atoms with E-state index in [4.69, 9.17) is 4.84 Å². The quantitative estimate of drug-likeness (QED) is 0.657. The van der Waals surface area contributed by atoms with Crippen molar-refractivity contribution >= 4 is 16.9 Å². The van der Waals surface area contributed by atoms with Crippen LogP contribution in [-0.2, 0) is 9.63 Å². The maximum atomic E-state index is 13.6. The summed E-state index contributed by atoms with van der Waals surface area (Å²) in [6.07, 6.45) is 3.36. The number of hydrogen-bond donors (Lipinski definition) is 0. The Morgan fingerprint density at radius 2 is 1.79 bits per heavy atom. The van der Waals surface area contributed by atoms with Gasteiger partial charge in [-0.05, 0) is 42.7 Å². The number of carbonyl (C=O) groups is 1. The lowest BCUT2D eigenvalue weighted by Gasteiger charge is -2.38. The molecule has 0 radical (unpaired) electrons. The molecule has 0 N–H and O–H groups in total. The summed E-state index contributed by atoms with van der Waals surface area (Å²) < 4.78 is 42.5. The van der Waals surface area contributed by atoms with Gasteiger partial charge < -0.3 is 4.57 Å². The number of hydrogen-bond acceptors (Lipinski definition) is 3. The molecule has 29 heavy (non-hydrogen) atoms. The van der Waals surface area contributed by atoms with Crippen molar-refractivity contribution in [3.63, 3.8) is 0 Å². The lowest BCUT2D eigenvalue weighted by atomic mass is 9.79. The summed E-state index contributed by atoms with van der Waals surface area (Å²) in [4.78, 5) is 22.7. The van der Waals surface area contributed by atoms with Gasteiger partial charge in [-0.25, -0.2) is 23.2 Å². The van der Waals surface area contributed by atoms with Crippen LogP contribution in [0.25, 0.3) is 11.0 Å². The molecule has 1 aliphatic carbocycles. The molecule has 150 valence electrons. The van der Waals surface area contributed by atoms with E-state index in [2.05, 4.69) is 4.98 Å². The third kappa shape index (κ3) is 3.17. The van der Waals surface area contributed by atoms with E-state index in [0.29, 0.717) is 36.9 Å². The molecule has 1 atom stereocenters. The van der Waals surface area contributed by atoms with Gasteiger partial charge in [0.15, 0.2) is 0 Å². The van der Waals surface area contributed by atoms with Gasteiger partial charge in [-0.3, -0.25) is 9.63 Å². The van der Waals surface area contributed by atoms with E-state index in [1.165, 1.54) is 29.3 Å². The van der Waals surface area contributed by atoms with Gasteiger partial charge in [-0.15, -0.1) is 0 Å². The first-order valence-electron chi connectivity index (χ1n) is 9.53. The SMILES string of the molecule is O=C(C1CC(n2cnc3cc(F)ccc32)C1)N1OCC[C@H]1c1cc(F)cc(F)c1. The smallest absolute Gasteiger partial charge is 0.249 e. The number of carbonyl (C=O) groups excluding carboxylic acids is 1. The van der Waals surface area contributed by atoms with Gasteiger partial charge in [0.05, 0.1) is 30.0 Å². The summed E-state index contributed by atoms with van der Waals surface area (Å²) in [5, 5.41) is 1.27. The summed E-state index contributed by atoms with van der Waals surface area (Å²) in [7, 11) is 0. The van der Waals surface area contributed by atoms with E-state index in [1.807, 2.05) is 4.57 Å². The first kappa shape index (κ1) is 18.2. The van der Waals surface area contributed by atoms with E-state index >= 15 is 0 Å². The van der Waals surface area contributed by atoms with Crippen molar-refractivity contribution in [1.29, 1.82) is 0 Å². The lowest BCUT2D eigenvalue weighted by Crippen LogP contribution is -2.41. The Balaban J connectivity index is 1.30. The van der Waals surface area contributed by atoms with Crippen LogP contribution in [0.4, 0.5) is 13.2 Å². The van der Waals surface area contributed by atoms with Crippen molar-refractivity contribution in [2.75, 3.05) is 6.61 Å². The summed E-state index contributed by atoms with van der Waals surface area (Å²) >= 11 is 0. The number of fused-ring (bicyclic) bond motifs is 1. The summed E-state index contributed by atoms with van der Waals surface area (Å²) in [6.45, 7) is 0.322. The van der Waals surface area contributed by atoms with Crippen LogP contribution in [0, 0.1) is 23.4 Å². The zero-order valence-corrected chi connectivity index (χ0v) is 15.4. The summed E-state index contributed by atoms with van der Waals surface area (Å²) in [5.74, 6) is -2.10. The van der Waals surface area contributed by atoms with E-state index in [-0.39, 0.29) is 23.7 Å². The lowest BCUT2D eigenvalue weighted by molar-refractivity contribution is -0.185. The van der Waals surface area contributed by atoms with Crippen molar-refractivity contribution in [3.8, 4) is 0 Å². The largest absolute Gasteiger partial charge is 0.327 e. The Morgan fingerprint density at radius 1 is 1.03 bits per heavy atom. The second-order valence-electron chi connectivity index (χ2n) is 7.61. The highest BCUT2D eigenvalue weighted by atomic mass is 19.1. The molecule has 2 heterocycles. The number of benzene rings is 2. The molecule has 1 aromatic heterocycles. The molecule has 0 spiro atoms. The van der Waals surface area contributed by atoms with Gasteiger partial charge in [0.25, 0.3) is 0 Å². The number of rotatable bonds is 3. The van der Waals surface area contributed by atoms with Crippen molar-refractivity contribution in [2.24, 2.45) is 5.92 Å². The highest BCUT2D eigenvalue weighted by molar-refractivity contribution is 5.80. The van der Waals surface area contributed by atoms with Crippen LogP contribution < -0.4 is 0 Å². The predicted molar refractivity (Wildman–Crippen MR) is 98.0 cm³/mol. The molecular weight excluding hydrogens is 383 g/mol. The number of imidazole rings is 1. The maximum Gasteiger partial charge on any atom is 0.249 e. The molecule has 1 amide bonds. The molecular formula is C21H18F3N3O2. The van der Waals surface area contributed by atoms with Crippen molar-refractivity contribution in [1.82, 2.24) is 14.6 Å². The normalized spacial score (nSPS) is 24.1. The molecule has 2 fully saturated rings. The standard InChI is InChI=1S/C21H18F3N3O2/c22-14-1-2-20-18(10-14)25-11-26(20)17-7-13(8-17)21(28)27-19(3-4-29-27)12-5-15(23)9-16(24)6-12/h1-2,5-6,9-11,13,17,19H,3-4,7-8H2/t13?,17?,19-/m0/s1. The molecule has 0 unspecified atom stereocenters. The van der Waals surface area contributed by atoms with E-state index in [9.17, 15) is 18.0 Å². The Bertz CT molecular complexity index is 1070. The van der Waals surface area contributed by atoms with E-state index in [1.54, 1.807) is 12.4 Å². The molecule has 1 saturated heterocycles. The number of aromatic nitrogens is 2. The summed E-state index contributed by atoms with van der Waals surface area (Å²) in [6, 6.07) is 7.34. The minimum atomic E-state index is -0.675. The van der Waals surface area contributed by atoms with E-state index < -0.39 is 17.7 Å². The van der Waals surface area contributed by atoms with Crippen LogP contribution in [0.15, 0.2) is 42.7 Å². The molecule has 8 heteroatoms. The fraction of sp³-hybridized carbons (Fsp3) is 0.333. The molecule has 2 aliphatic rings. The first-order chi connectivity index (χ1) is 14.0. The maximum absolute atomic E-state index is 13.6. The second-order valence-corrected chi connectivity index (χ2v) is 7.61. The number of halogens is 3. The third-order valence-corrected chi connectivity index (χ3v) is 5.78. The van der Waals surface area contributed by atoms with Crippen molar-refractivity contribution < 1.29 is 22.8 Å². The molecule has 5 nitrogen and oxygen atoms in total. The summed E-state index contributed by atoms with van der Waals surface area (Å²) in [5.41, 5.74) is 1.80. The van der Waals surface area contributed by atoms with Crippen LogP contribution in [0.5, 0.6) is 0 Å². The van der Waals surface area contributed by atoms with Gasteiger partial charge in [-0.1, -0.05) is 0 Å². The van der Waals surface area contributed by atoms with Crippen molar-refractivity contribution in [2.45, 2.75) is 31.3 Å². The molecule has 0 bridgehead atoms. The Labute approximate surface area is 164 Å². The average Bonchev–Trinajstić information content (AvgIpc) is 3.26. The minimum absolute atomic E-state index is 0.0899. The molecule has 1 aliphatic heterocycles. The van der Waals surface area contributed by atoms with E-state index in [0.717, 1.165) is 11.6 Å². The number of amides is 1. The second kappa shape index (κ2) is 6.88. The zero-order valence-electron chi connectivity index (χ0n) is 15.4. The Kier molecular flexibility index (Phi) is 4.31. The van der Waals surface area contributed by atoms with Crippen LogP contribution in [0.2, 0.25) is 0 Å². The molecule has 1 saturated carbocycles. The fourth-order valence-corrected chi connectivity index (χ4v) is 4.25. The topological polar surface area (TPSA) is 47.4 Å². The van der Waals surface area contributed by atoms with Crippen molar-refractivity contribution in [3.05, 3.63) is 65.7 Å². The van der Waals surface area contributed by atoms with Crippen LogP contribution >= 0.6 is 0 Å². The number of hydroxylamine groups is 2. The Hall–Kier alpha value is -2.87. The molecule has 3 aromatic rings. The van der Waals surface area contributed by atoms with Gasteiger partial charge in [0, 0.05) is 30.5 Å². The first-order valence-corrected chi connectivity index (χ1v) is 9.53. The van der Waals surface area contributed by atoms with Gasteiger partial charge >= 0.3 is 0 Å². The van der Waals surface area contributed by atoms with Gasteiger partial charge in [0.1, 0.15) is 17.5 Å². The highest BCUT2D eigenvalue weighted by Gasteiger charge is 2.42. The predicted octanol–water partition coefficient (Wildman–Crippen LogP) is 4.31. The monoisotopic (exact) mass is 401 g/mol. The minimum Gasteiger partial charge on any atom is -0.327 e. The van der Waals surface area contributed by atoms with Gasteiger partial charge in [0.2, 0.25) is 5.91 Å². The molecule has 2 aromatic carbocycles. The average molecular weight is 401 g/mol. The molecule has 5 rings (SSSR count). The zero-order chi connectivity index (χ0) is 20.1.